The molecule has 8 nitrogen and oxygen atoms in total. The Bertz CT molecular complexity index is 885. The fourth-order valence-corrected chi connectivity index (χ4v) is 3.30. The number of nitrogens with zero attached hydrogens (tertiary/aromatic N) is 2. The van der Waals surface area contributed by atoms with Crippen LogP contribution in [0.25, 0.3) is 0 Å². The van der Waals surface area contributed by atoms with Crippen molar-refractivity contribution in [2.75, 3.05) is 25.5 Å². The number of carbonyl (C=O) groups excluding carboxylic acids is 2. The van der Waals surface area contributed by atoms with Gasteiger partial charge in [0.25, 0.3) is 0 Å². The minimum atomic E-state index is -0.207. The monoisotopic (exact) mass is 412 g/mol. The largest absolute Gasteiger partial charge is 0.493 e. The van der Waals surface area contributed by atoms with Crippen LogP contribution >= 0.6 is 0 Å². The molecular formula is C22H28N4O4. The molecule has 1 atom stereocenters. The van der Waals surface area contributed by atoms with Crippen LogP contribution in [0.3, 0.4) is 0 Å². The summed E-state index contributed by atoms with van der Waals surface area (Å²) in [6, 6.07) is 8.86. The Kier molecular flexibility index (Phi) is 7.11. The van der Waals surface area contributed by atoms with Crippen molar-refractivity contribution < 1.29 is 19.1 Å². The van der Waals surface area contributed by atoms with E-state index in [1.807, 2.05) is 32.0 Å². The number of rotatable bonds is 6. The molecule has 8 heteroatoms. The van der Waals surface area contributed by atoms with Crippen molar-refractivity contribution in [1.82, 2.24) is 15.2 Å². The van der Waals surface area contributed by atoms with Crippen molar-refractivity contribution in [1.29, 1.82) is 0 Å². The van der Waals surface area contributed by atoms with Crippen molar-refractivity contribution in [2.24, 2.45) is 0 Å². The second kappa shape index (κ2) is 9.96. The van der Waals surface area contributed by atoms with Gasteiger partial charge in [-0.3, -0.25) is 4.79 Å². The van der Waals surface area contributed by atoms with Crippen molar-refractivity contribution in [3.63, 3.8) is 0 Å². The van der Waals surface area contributed by atoms with Crippen LogP contribution in [-0.2, 0) is 4.79 Å². The van der Waals surface area contributed by atoms with Crippen LogP contribution in [0.4, 0.5) is 10.5 Å². The summed E-state index contributed by atoms with van der Waals surface area (Å²) in [5.41, 5.74) is 1.64. The van der Waals surface area contributed by atoms with Gasteiger partial charge in [0.1, 0.15) is 0 Å². The molecule has 0 saturated carbocycles. The van der Waals surface area contributed by atoms with E-state index in [4.69, 9.17) is 9.47 Å². The van der Waals surface area contributed by atoms with E-state index in [0.717, 1.165) is 18.4 Å². The number of nitrogens with one attached hydrogen (secondary N) is 2. The van der Waals surface area contributed by atoms with Gasteiger partial charge in [0.2, 0.25) is 11.8 Å². The fourth-order valence-electron chi connectivity index (χ4n) is 3.30. The first kappa shape index (κ1) is 21.4. The van der Waals surface area contributed by atoms with Crippen LogP contribution in [0, 0.1) is 6.92 Å². The highest BCUT2D eigenvalue weighted by Crippen LogP contribution is 2.31. The maximum atomic E-state index is 12.6. The summed E-state index contributed by atoms with van der Waals surface area (Å²) in [5.74, 6) is 1.60. The number of carbonyl (C=O) groups is 2. The summed E-state index contributed by atoms with van der Waals surface area (Å²) in [4.78, 5) is 30.2. The van der Waals surface area contributed by atoms with Crippen LogP contribution < -0.4 is 20.1 Å². The van der Waals surface area contributed by atoms with Gasteiger partial charge >= 0.3 is 6.03 Å². The number of amides is 3. The number of ether oxygens (including phenoxy) is 2. The first-order chi connectivity index (χ1) is 14.5. The number of hydrogen-bond donors (Lipinski definition) is 2. The van der Waals surface area contributed by atoms with Gasteiger partial charge in [0.05, 0.1) is 19.0 Å². The molecule has 1 aliphatic rings. The summed E-state index contributed by atoms with van der Waals surface area (Å²) in [6.45, 7) is 4.95. The van der Waals surface area contributed by atoms with Crippen LogP contribution in [0.1, 0.15) is 31.7 Å². The number of pyridine rings is 1. The standard InChI is InChI=1S/C22H28N4O4/c1-4-20(27)24-17-6-5-11-26(14-17)22(28)25-16-8-10-21(23-13-16)30-18-9-7-15(2)12-19(18)29-3/h7-10,12-13,17H,4-6,11,14H2,1-3H3,(H,24,27)(H,25,28). The van der Waals surface area contributed by atoms with Gasteiger partial charge in [0, 0.05) is 31.6 Å². The van der Waals surface area contributed by atoms with Gasteiger partial charge in [-0.05, 0) is 43.5 Å². The van der Waals surface area contributed by atoms with Crippen molar-refractivity contribution in [3.8, 4) is 17.4 Å². The number of piperidine rings is 1. The molecule has 2 N–H and O–H groups in total. The van der Waals surface area contributed by atoms with E-state index in [0.29, 0.717) is 42.6 Å². The lowest BCUT2D eigenvalue weighted by Crippen LogP contribution is -2.50. The molecule has 160 valence electrons. The number of anilines is 1. The third kappa shape index (κ3) is 5.62. The number of urea groups is 1. The van der Waals surface area contributed by atoms with E-state index < -0.39 is 0 Å². The first-order valence-electron chi connectivity index (χ1n) is 10.1. The molecule has 2 aromatic rings. The lowest BCUT2D eigenvalue weighted by molar-refractivity contribution is -0.121. The van der Waals surface area contributed by atoms with Gasteiger partial charge < -0.3 is 25.0 Å². The molecule has 3 rings (SSSR count). The average molecular weight is 412 g/mol. The molecule has 0 bridgehead atoms. The predicted octanol–water partition coefficient (Wildman–Crippen LogP) is 3.71. The van der Waals surface area contributed by atoms with Gasteiger partial charge in [-0.2, -0.15) is 0 Å². The quantitative estimate of drug-likeness (QED) is 0.754. The average Bonchev–Trinajstić information content (AvgIpc) is 2.76. The Labute approximate surface area is 176 Å². The zero-order valence-corrected chi connectivity index (χ0v) is 17.6. The minimum Gasteiger partial charge on any atom is -0.493 e. The highest BCUT2D eigenvalue weighted by molar-refractivity contribution is 5.89. The predicted molar refractivity (Wildman–Crippen MR) is 114 cm³/mol. The normalized spacial score (nSPS) is 16.0. The number of likely N-dealkylation sites (tertiary alicyclic amines) is 1. The maximum Gasteiger partial charge on any atom is 0.321 e. The van der Waals surface area contributed by atoms with Crippen LogP contribution in [0.15, 0.2) is 36.5 Å². The summed E-state index contributed by atoms with van der Waals surface area (Å²) in [5, 5.41) is 5.81. The van der Waals surface area contributed by atoms with E-state index in [-0.39, 0.29) is 18.0 Å². The highest BCUT2D eigenvalue weighted by Gasteiger charge is 2.24. The molecule has 1 aromatic carbocycles. The van der Waals surface area contributed by atoms with Gasteiger partial charge in [-0.25, -0.2) is 9.78 Å². The molecule has 1 fully saturated rings. The van der Waals surface area contributed by atoms with Crippen molar-refractivity contribution >= 4 is 17.6 Å². The van der Waals surface area contributed by atoms with E-state index in [2.05, 4.69) is 15.6 Å². The molecule has 0 spiro atoms. The lowest BCUT2D eigenvalue weighted by atomic mass is 10.1. The van der Waals surface area contributed by atoms with Crippen molar-refractivity contribution in [3.05, 3.63) is 42.1 Å². The Hall–Kier alpha value is -3.29. The summed E-state index contributed by atoms with van der Waals surface area (Å²) in [7, 11) is 1.59. The van der Waals surface area contributed by atoms with E-state index >= 15 is 0 Å². The van der Waals surface area contributed by atoms with E-state index in [1.54, 1.807) is 30.3 Å². The summed E-state index contributed by atoms with van der Waals surface area (Å²) < 4.78 is 11.1. The van der Waals surface area contributed by atoms with Crippen LogP contribution in [-0.4, -0.2) is 48.1 Å². The Morgan fingerprint density at radius 1 is 1.23 bits per heavy atom. The number of aromatic nitrogens is 1. The molecule has 3 amide bonds. The van der Waals surface area contributed by atoms with E-state index in [9.17, 15) is 9.59 Å². The molecule has 1 unspecified atom stereocenters. The third-order valence-electron chi connectivity index (χ3n) is 4.92. The SMILES string of the molecule is CCC(=O)NC1CCCN(C(=O)Nc2ccc(Oc3ccc(C)cc3OC)nc2)C1. The molecule has 1 aliphatic heterocycles. The maximum absolute atomic E-state index is 12.6. The Balaban J connectivity index is 1.57. The molecular weight excluding hydrogens is 384 g/mol. The number of aryl methyl sites for hydroxylation is 1. The topological polar surface area (TPSA) is 92.8 Å². The summed E-state index contributed by atoms with van der Waals surface area (Å²) >= 11 is 0. The number of hydrogen-bond acceptors (Lipinski definition) is 5. The Morgan fingerprint density at radius 2 is 2.07 bits per heavy atom. The number of methoxy groups -OCH3 is 1. The smallest absolute Gasteiger partial charge is 0.321 e. The van der Waals surface area contributed by atoms with Gasteiger partial charge in [-0.15, -0.1) is 0 Å². The molecule has 0 radical (unpaired) electrons. The zero-order valence-electron chi connectivity index (χ0n) is 17.6. The minimum absolute atomic E-state index is 0.00431. The van der Waals surface area contributed by atoms with Gasteiger partial charge in [-0.1, -0.05) is 13.0 Å². The molecule has 0 aliphatic carbocycles. The van der Waals surface area contributed by atoms with Crippen LogP contribution in [0.5, 0.6) is 17.4 Å². The first-order valence-corrected chi connectivity index (χ1v) is 10.1. The summed E-state index contributed by atoms with van der Waals surface area (Å²) in [6.07, 6.45) is 3.72. The number of benzene rings is 1. The second-order valence-electron chi connectivity index (χ2n) is 7.28. The van der Waals surface area contributed by atoms with E-state index in [1.165, 1.54) is 0 Å². The van der Waals surface area contributed by atoms with Crippen LogP contribution in [0.2, 0.25) is 0 Å². The molecule has 1 saturated heterocycles. The fraction of sp³-hybridized carbons (Fsp3) is 0.409. The molecule has 30 heavy (non-hydrogen) atoms. The third-order valence-corrected chi connectivity index (χ3v) is 4.92. The van der Waals surface area contributed by atoms with Gasteiger partial charge in [0.15, 0.2) is 11.5 Å². The molecule has 1 aromatic heterocycles. The second-order valence-corrected chi connectivity index (χ2v) is 7.28. The lowest BCUT2D eigenvalue weighted by Gasteiger charge is -2.33. The van der Waals surface area contributed by atoms with Crippen molar-refractivity contribution in [2.45, 2.75) is 39.2 Å². The highest BCUT2D eigenvalue weighted by atomic mass is 16.5. The Morgan fingerprint density at radius 3 is 2.77 bits per heavy atom. The molecule has 2 heterocycles. The zero-order chi connectivity index (χ0) is 21.5.